The van der Waals surface area contributed by atoms with Crippen molar-refractivity contribution >= 4 is 6.29 Å². The molecule has 24 heavy (non-hydrogen) atoms. The molecule has 0 aliphatic carbocycles. The van der Waals surface area contributed by atoms with Crippen LogP contribution in [-0.2, 0) is 17.6 Å². The summed E-state index contributed by atoms with van der Waals surface area (Å²) in [4.78, 5) is 10.4. The molecule has 0 spiro atoms. The van der Waals surface area contributed by atoms with Crippen molar-refractivity contribution in [2.75, 3.05) is 0 Å². The van der Waals surface area contributed by atoms with E-state index in [2.05, 4.69) is 37.3 Å². The summed E-state index contributed by atoms with van der Waals surface area (Å²) in [5.74, 6) is 2.17. The van der Waals surface area contributed by atoms with E-state index in [4.69, 9.17) is 4.42 Å². The standard InChI is InChI=1S/C22H30O2/c1-2-3-8-15-20-18-22(19-13-9-7-10-14-19)24-21(20)16-11-5-4-6-12-17-23/h7,9-10,13-14,17-18H,2-6,8,11-12,15-16H2,1H3. The van der Waals surface area contributed by atoms with E-state index in [0.717, 1.165) is 49.7 Å². The molecule has 2 rings (SSSR count). The van der Waals surface area contributed by atoms with E-state index < -0.39 is 0 Å². The van der Waals surface area contributed by atoms with Gasteiger partial charge in [-0.2, -0.15) is 0 Å². The lowest BCUT2D eigenvalue weighted by molar-refractivity contribution is -0.107. The molecule has 0 saturated carbocycles. The van der Waals surface area contributed by atoms with Gasteiger partial charge in [-0.25, -0.2) is 0 Å². The fourth-order valence-electron chi connectivity index (χ4n) is 3.07. The van der Waals surface area contributed by atoms with Crippen LogP contribution in [-0.4, -0.2) is 6.29 Å². The van der Waals surface area contributed by atoms with Gasteiger partial charge in [0, 0.05) is 18.4 Å². The molecule has 0 saturated heterocycles. The van der Waals surface area contributed by atoms with Gasteiger partial charge in [-0.15, -0.1) is 0 Å². The van der Waals surface area contributed by atoms with Gasteiger partial charge >= 0.3 is 0 Å². The van der Waals surface area contributed by atoms with Crippen LogP contribution >= 0.6 is 0 Å². The van der Waals surface area contributed by atoms with Crippen LogP contribution in [0, 0.1) is 0 Å². The van der Waals surface area contributed by atoms with Crippen LogP contribution in [0.15, 0.2) is 40.8 Å². The Morgan fingerprint density at radius 1 is 0.917 bits per heavy atom. The minimum Gasteiger partial charge on any atom is -0.461 e. The Kier molecular flexibility index (Phi) is 8.37. The van der Waals surface area contributed by atoms with E-state index in [0.29, 0.717) is 6.42 Å². The smallest absolute Gasteiger partial charge is 0.134 e. The predicted octanol–water partition coefficient (Wildman–Crippen LogP) is 6.37. The molecule has 0 fully saturated rings. The highest BCUT2D eigenvalue weighted by Crippen LogP contribution is 2.28. The molecular formula is C22H30O2. The average molecular weight is 326 g/mol. The number of aryl methyl sites for hydroxylation is 2. The second-order valence-electron chi connectivity index (χ2n) is 6.50. The fraction of sp³-hybridized carbons (Fsp3) is 0.500. The zero-order valence-electron chi connectivity index (χ0n) is 14.9. The quantitative estimate of drug-likeness (QED) is 0.335. The molecule has 2 aromatic rings. The zero-order valence-corrected chi connectivity index (χ0v) is 14.9. The Hall–Kier alpha value is -1.83. The number of furan rings is 1. The summed E-state index contributed by atoms with van der Waals surface area (Å²) in [6.45, 7) is 2.24. The van der Waals surface area contributed by atoms with E-state index in [-0.39, 0.29) is 0 Å². The van der Waals surface area contributed by atoms with Crippen molar-refractivity contribution in [3.8, 4) is 11.3 Å². The topological polar surface area (TPSA) is 30.2 Å². The minimum absolute atomic E-state index is 0.696. The van der Waals surface area contributed by atoms with Crippen LogP contribution in [0.25, 0.3) is 11.3 Å². The van der Waals surface area contributed by atoms with Crippen LogP contribution in [0.1, 0.15) is 69.6 Å². The van der Waals surface area contributed by atoms with Crippen LogP contribution in [0.2, 0.25) is 0 Å². The number of hydrogen-bond donors (Lipinski definition) is 0. The average Bonchev–Trinajstić information content (AvgIpc) is 3.02. The number of benzene rings is 1. The number of carbonyl (C=O) groups is 1. The third-order valence-electron chi connectivity index (χ3n) is 4.48. The van der Waals surface area contributed by atoms with Crippen molar-refractivity contribution in [2.45, 2.75) is 71.1 Å². The zero-order chi connectivity index (χ0) is 17.0. The van der Waals surface area contributed by atoms with Gasteiger partial charge < -0.3 is 9.21 Å². The van der Waals surface area contributed by atoms with E-state index in [9.17, 15) is 4.79 Å². The summed E-state index contributed by atoms with van der Waals surface area (Å²) in [5.41, 5.74) is 2.54. The van der Waals surface area contributed by atoms with E-state index in [1.54, 1.807) is 0 Å². The van der Waals surface area contributed by atoms with Gasteiger partial charge in [0.1, 0.15) is 17.8 Å². The Morgan fingerprint density at radius 3 is 2.42 bits per heavy atom. The molecule has 0 aliphatic rings. The summed E-state index contributed by atoms with van der Waals surface area (Å²) < 4.78 is 6.20. The first kappa shape index (κ1) is 18.5. The van der Waals surface area contributed by atoms with Gasteiger partial charge in [-0.1, -0.05) is 62.9 Å². The van der Waals surface area contributed by atoms with Gasteiger partial charge in [0.2, 0.25) is 0 Å². The van der Waals surface area contributed by atoms with Crippen molar-refractivity contribution in [3.63, 3.8) is 0 Å². The summed E-state index contributed by atoms with van der Waals surface area (Å²) in [6.07, 6.45) is 12.1. The Balaban J connectivity index is 1.97. The fourth-order valence-corrected chi connectivity index (χ4v) is 3.07. The molecule has 2 heteroatoms. The van der Waals surface area contributed by atoms with E-state index >= 15 is 0 Å². The normalized spacial score (nSPS) is 10.9. The number of rotatable bonds is 12. The molecule has 0 unspecified atom stereocenters. The molecule has 0 aliphatic heterocycles. The van der Waals surface area contributed by atoms with Gasteiger partial charge in [0.05, 0.1) is 0 Å². The molecular weight excluding hydrogens is 296 g/mol. The molecule has 0 N–H and O–H groups in total. The Bertz CT molecular complexity index is 583. The molecule has 2 nitrogen and oxygen atoms in total. The van der Waals surface area contributed by atoms with Crippen molar-refractivity contribution in [2.24, 2.45) is 0 Å². The van der Waals surface area contributed by atoms with Crippen molar-refractivity contribution < 1.29 is 9.21 Å². The Labute approximate surface area is 146 Å². The number of aldehydes is 1. The molecule has 1 aromatic heterocycles. The molecule has 0 bridgehead atoms. The molecule has 1 aromatic carbocycles. The highest BCUT2D eigenvalue weighted by atomic mass is 16.3. The maximum absolute atomic E-state index is 10.4. The van der Waals surface area contributed by atoms with E-state index in [1.807, 2.05) is 6.07 Å². The van der Waals surface area contributed by atoms with Gasteiger partial charge in [0.25, 0.3) is 0 Å². The highest BCUT2D eigenvalue weighted by Gasteiger charge is 2.12. The van der Waals surface area contributed by atoms with Crippen LogP contribution < -0.4 is 0 Å². The lowest BCUT2D eigenvalue weighted by Gasteiger charge is -2.03. The number of carbonyl (C=O) groups excluding carboxylic acids is 1. The van der Waals surface area contributed by atoms with Gasteiger partial charge in [-0.05, 0) is 37.3 Å². The minimum atomic E-state index is 0.696. The molecule has 0 amide bonds. The largest absolute Gasteiger partial charge is 0.461 e. The lowest BCUT2D eigenvalue weighted by Crippen LogP contribution is -1.91. The first-order chi connectivity index (χ1) is 11.8. The maximum atomic E-state index is 10.4. The Morgan fingerprint density at radius 2 is 1.67 bits per heavy atom. The van der Waals surface area contributed by atoms with Crippen LogP contribution in [0.3, 0.4) is 0 Å². The SMILES string of the molecule is CCCCCc1cc(-c2ccccc2)oc1CCCCCCC=O. The van der Waals surface area contributed by atoms with Gasteiger partial charge in [-0.3, -0.25) is 0 Å². The van der Waals surface area contributed by atoms with Crippen molar-refractivity contribution in [1.82, 2.24) is 0 Å². The monoisotopic (exact) mass is 326 g/mol. The summed E-state index contributed by atoms with van der Waals surface area (Å²) in [6, 6.07) is 12.6. The predicted molar refractivity (Wildman–Crippen MR) is 100 cm³/mol. The van der Waals surface area contributed by atoms with Crippen LogP contribution in [0.4, 0.5) is 0 Å². The lowest BCUT2D eigenvalue weighted by atomic mass is 10.0. The summed E-state index contributed by atoms with van der Waals surface area (Å²) in [5, 5.41) is 0. The number of unbranched alkanes of at least 4 members (excludes halogenated alkanes) is 6. The molecule has 1 heterocycles. The van der Waals surface area contributed by atoms with Crippen molar-refractivity contribution in [3.05, 3.63) is 47.7 Å². The maximum Gasteiger partial charge on any atom is 0.134 e. The second kappa shape index (κ2) is 10.9. The first-order valence-corrected chi connectivity index (χ1v) is 9.45. The summed E-state index contributed by atoms with van der Waals surface area (Å²) in [7, 11) is 0. The number of hydrogen-bond acceptors (Lipinski definition) is 2. The molecule has 0 atom stereocenters. The summed E-state index contributed by atoms with van der Waals surface area (Å²) >= 11 is 0. The second-order valence-corrected chi connectivity index (χ2v) is 6.50. The van der Waals surface area contributed by atoms with Gasteiger partial charge in [0.15, 0.2) is 0 Å². The third-order valence-corrected chi connectivity index (χ3v) is 4.48. The molecule has 130 valence electrons. The van der Waals surface area contributed by atoms with E-state index in [1.165, 1.54) is 37.0 Å². The first-order valence-electron chi connectivity index (χ1n) is 9.45. The van der Waals surface area contributed by atoms with Crippen molar-refractivity contribution in [1.29, 1.82) is 0 Å². The third kappa shape index (κ3) is 5.99. The molecule has 0 radical (unpaired) electrons. The van der Waals surface area contributed by atoms with Crippen LogP contribution in [0.5, 0.6) is 0 Å². The highest BCUT2D eigenvalue weighted by molar-refractivity contribution is 5.58.